The van der Waals surface area contributed by atoms with Crippen LogP contribution in [0.4, 0.5) is 14.5 Å². The normalized spacial score (nSPS) is 14.1. The Balaban J connectivity index is 1.68. The van der Waals surface area contributed by atoms with Crippen molar-refractivity contribution in [2.24, 2.45) is 0 Å². The zero-order valence-electron chi connectivity index (χ0n) is 20.6. The number of anilines is 1. The number of piperidine rings is 1. The number of hydrogen-bond acceptors (Lipinski definition) is 5. The van der Waals surface area contributed by atoms with Gasteiger partial charge in [0.25, 0.3) is 0 Å². The molecule has 0 spiro atoms. The number of pyridine rings is 1. The molecule has 1 aromatic heterocycles. The average Bonchev–Trinajstić information content (AvgIpc) is 2.89. The maximum absolute atomic E-state index is 14.1. The molecule has 0 amide bonds. The van der Waals surface area contributed by atoms with Crippen LogP contribution < -0.4 is 19.7 Å². The van der Waals surface area contributed by atoms with E-state index in [0.29, 0.717) is 18.0 Å². The number of nitrogens with zero attached hydrogens (tertiary/aromatic N) is 2. The van der Waals surface area contributed by atoms with Crippen LogP contribution in [0.1, 0.15) is 37.3 Å². The molecule has 2 aromatic carbocycles. The van der Waals surface area contributed by atoms with Gasteiger partial charge < -0.3 is 19.7 Å². The minimum Gasteiger partial charge on any atom is -0.493 e. The Bertz CT molecular complexity index is 1150. The molecular formula is C28H33F2N3O2. The van der Waals surface area contributed by atoms with Crippen molar-refractivity contribution in [1.82, 2.24) is 10.3 Å². The second kappa shape index (κ2) is 11.5. The van der Waals surface area contributed by atoms with E-state index in [1.165, 1.54) is 12.1 Å². The molecule has 0 radical (unpaired) electrons. The first kappa shape index (κ1) is 24.9. The van der Waals surface area contributed by atoms with Crippen LogP contribution in [0.25, 0.3) is 11.3 Å². The van der Waals surface area contributed by atoms with Crippen LogP contribution in [-0.4, -0.2) is 38.3 Å². The van der Waals surface area contributed by atoms with Crippen molar-refractivity contribution in [3.8, 4) is 22.8 Å². The molecule has 5 nitrogen and oxygen atoms in total. The van der Waals surface area contributed by atoms with Gasteiger partial charge in [-0.05, 0) is 79.9 Å². The van der Waals surface area contributed by atoms with Crippen LogP contribution in [0, 0.1) is 11.6 Å². The van der Waals surface area contributed by atoms with Crippen molar-refractivity contribution < 1.29 is 18.3 Å². The number of methoxy groups -OCH3 is 2. The van der Waals surface area contributed by atoms with Crippen LogP contribution >= 0.6 is 0 Å². The van der Waals surface area contributed by atoms with Crippen molar-refractivity contribution in [2.75, 3.05) is 32.2 Å². The van der Waals surface area contributed by atoms with Crippen molar-refractivity contribution >= 4 is 5.69 Å². The average molecular weight is 482 g/mol. The summed E-state index contributed by atoms with van der Waals surface area (Å²) in [5.74, 6) is -0.226. The SMILES string of the molecule is CCCc1cc(-c2cc(CN(c3ccc(F)c(F)c3)C3CCNCC3)ccn2)cc(OC)c1OC. The van der Waals surface area contributed by atoms with E-state index in [1.54, 1.807) is 26.5 Å². The second-order valence-corrected chi connectivity index (χ2v) is 8.88. The first-order valence-electron chi connectivity index (χ1n) is 12.2. The molecule has 1 aliphatic rings. The summed E-state index contributed by atoms with van der Waals surface area (Å²) < 4.78 is 39.0. The third-order valence-electron chi connectivity index (χ3n) is 6.53. The van der Waals surface area contributed by atoms with Crippen LogP contribution in [0.15, 0.2) is 48.7 Å². The Labute approximate surface area is 206 Å². The largest absolute Gasteiger partial charge is 0.493 e. The molecule has 4 rings (SSSR count). The zero-order valence-corrected chi connectivity index (χ0v) is 20.6. The molecule has 0 atom stereocenters. The molecule has 2 heterocycles. The van der Waals surface area contributed by atoms with E-state index >= 15 is 0 Å². The fourth-order valence-electron chi connectivity index (χ4n) is 4.79. The number of nitrogens with one attached hydrogen (secondary N) is 1. The lowest BCUT2D eigenvalue weighted by molar-refractivity contribution is 0.351. The van der Waals surface area contributed by atoms with Crippen molar-refractivity contribution in [2.45, 2.75) is 45.2 Å². The highest BCUT2D eigenvalue weighted by molar-refractivity contribution is 5.67. The Hall–Kier alpha value is -3.19. The third-order valence-corrected chi connectivity index (χ3v) is 6.53. The topological polar surface area (TPSA) is 46.6 Å². The fourth-order valence-corrected chi connectivity index (χ4v) is 4.79. The maximum Gasteiger partial charge on any atom is 0.163 e. The predicted octanol–water partition coefficient (Wildman–Crippen LogP) is 5.76. The number of aryl methyl sites for hydroxylation is 1. The molecular weight excluding hydrogens is 448 g/mol. The zero-order chi connectivity index (χ0) is 24.8. The molecule has 1 fully saturated rings. The Kier molecular flexibility index (Phi) is 8.18. The number of hydrogen-bond donors (Lipinski definition) is 1. The number of benzene rings is 2. The van der Waals surface area contributed by atoms with Gasteiger partial charge >= 0.3 is 0 Å². The summed E-state index contributed by atoms with van der Waals surface area (Å²) in [5, 5.41) is 3.38. The lowest BCUT2D eigenvalue weighted by atomic mass is 10.00. The summed E-state index contributed by atoms with van der Waals surface area (Å²) >= 11 is 0. The summed E-state index contributed by atoms with van der Waals surface area (Å²) in [5.41, 5.74) is 4.59. The Morgan fingerprint density at radius 1 is 1.00 bits per heavy atom. The van der Waals surface area contributed by atoms with E-state index in [9.17, 15) is 8.78 Å². The van der Waals surface area contributed by atoms with Crippen LogP contribution in [0.3, 0.4) is 0 Å². The lowest BCUT2D eigenvalue weighted by Gasteiger charge is -2.36. The summed E-state index contributed by atoms with van der Waals surface area (Å²) in [7, 11) is 3.29. The minimum absolute atomic E-state index is 0.231. The first-order chi connectivity index (χ1) is 17.0. The summed E-state index contributed by atoms with van der Waals surface area (Å²) in [6.45, 7) is 4.50. The highest BCUT2D eigenvalue weighted by atomic mass is 19.2. The van der Waals surface area contributed by atoms with Gasteiger partial charge in [-0.2, -0.15) is 0 Å². The van der Waals surface area contributed by atoms with Crippen molar-refractivity contribution in [3.05, 3.63) is 71.4 Å². The fraction of sp³-hybridized carbons (Fsp3) is 0.393. The van der Waals surface area contributed by atoms with Crippen LogP contribution in [0.2, 0.25) is 0 Å². The lowest BCUT2D eigenvalue weighted by Crippen LogP contribution is -2.43. The van der Waals surface area contributed by atoms with Crippen molar-refractivity contribution in [3.63, 3.8) is 0 Å². The van der Waals surface area contributed by atoms with Gasteiger partial charge in [-0.1, -0.05) is 13.3 Å². The standard InChI is InChI=1S/C28H33F2N3O2/c1-4-5-20-15-21(16-27(34-2)28(20)35-3)26-14-19(8-13-32-26)18-33(22-9-11-31-12-10-22)23-6-7-24(29)25(30)17-23/h6-8,13-17,22,31H,4-5,9-12,18H2,1-3H3. The van der Waals surface area contributed by atoms with Crippen LogP contribution in [-0.2, 0) is 13.0 Å². The molecule has 0 bridgehead atoms. The van der Waals surface area contributed by atoms with Gasteiger partial charge in [0, 0.05) is 36.1 Å². The summed E-state index contributed by atoms with van der Waals surface area (Å²) in [4.78, 5) is 6.81. The molecule has 7 heteroatoms. The van der Waals surface area contributed by atoms with E-state index in [-0.39, 0.29) is 6.04 Å². The smallest absolute Gasteiger partial charge is 0.163 e. The van der Waals surface area contributed by atoms with Gasteiger partial charge in [-0.3, -0.25) is 4.98 Å². The van der Waals surface area contributed by atoms with E-state index < -0.39 is 11.6 Å². The van der Waals surface area contributed by atoms with E-state index in [0.717, 1.165) is 66.9 Å². The number of rotatable bonds is 9. The minimum atomic E-state index is -0.832. The van der Waals surface area contributed by atoms with E-state index in [1.807, 2.05) is 12.1 Å². The monoisotopic (exact) mass is 481 g/mol. The highest BCUT2D eigenvalue weighted by Gasteiger charge is 2.23. The van der Waals surface area contributed by atoms with Gasteiger partial charge in [-0.15, -0.1) is 0 Å². The molecule has 1 aliphatic heterocycles. The molecule has 1 N–H and O–H groups in total. The molecule has 186 valence electrons. The molecule has 1 saturated heterocycles. The number of halogens is 2. The quantitative estimate of drug-likeness (QED) is 0.421. The second-order valence-electron chi connectivity index (χ2n) is 8.88. The molecule has 0 aliphatic carbocycles. The first-order valence-corrected chi connectivity index (χ1v) is 12.2. The maximum atomic E-state index is 14.1. The van der Waals surface area contributed by atoms with Crippen LogP contribution in [0.5, 0.6) is 11.5 Å². The van der Waals surface area contributed by atoms with Gasteiger partial charge in [0.1, 0.15) is 0 Å². The summed E-state index contributed by atoms with van der Waals surface area (Å²) in [6.07, 6.45) is 5.52. The molecule has 35 heavy (non-hydrogen) atoms. The Morgan fingerprint density at radius 3 is 2.49 bits per heavy atom. The van der Waals surface area contributed by atoms with Gasteiger partial charge in [0.05, 0.1) is 19.9 Å². The molecule has 0 saturated carbocycles. The van der Waals surface area contributed by atoms with E-state index in [2.05, 4.69) is 34.3 Å². The summed E-state index contributed by atoms with van der Waals surface area (Å²) in [6, 6.07) is 12.5. The van der Waals surface area contributed by atoms with E-state index in [4.69, 9.17) is 9.47 Å². The number of ether oxygens (including phenoxy) is 2. The molecule has 3 aromatic rings. The van der Waals surface area contributed by atoms with Crippen molar-refractivity contribution in [1.29, 1.82) is 0 Å². The highest BCUT2D eigenvalue weighted by Crippen LogP contribution is 2.37. The van der Waals surface area contributed by atoms with Gasteiger partial charge in [0.2, 0.25) is 0 Å². The predicted molar refractivity (Wildman–Crippen MR) is 135 cm³/mol. The van der Waals surface area contributed by atoms with Gasteiger partial charge in [0.15, 0.2) is 23.1 Å². The van der Waals surface area contributed by atoms with Gasteiger partial charge in [-0.25, -0.2) is 8.78 Å². The third kappa shape index (κ3) is 5.73. The molecule has 0 unspecified atom stereocenters. The number of aromatic nitrogens is 1. The Morgan fingerprint density at radius 2 is 1.80 bits per heavy atom.